The van der Waals surface area contributed by atoms with E-state index < -0.39 is 32.8 Å². The summed E-state index contributed by atoms with van der Waals surface area (Å²) >= 11 is 2.65. The number of rotatable bonds is 3. The van der Waals surface area contributed by atoms with Crippen molar-refractivity contribution in [2.45, 2.75) is 6.43 Å². The highest BCUT2D eigenvalue weighted by molar-refractivity contribution is 9.10. The SMILES string of the molecule is O=Cc1ncc(C(F)F)c(Br)c1[N+](=O)[O-]. The van der Waals surface area contributed by atoms with Crippen LogP contribution in [0.5, 0.6) is 0 Å². The Hall–Kier alpha value is -1.44. The van der Waals surface area contributed by atoms with Gasteiger partial charge in [0.1, 0.15) is 4.47 Å². The fourth-order valence-corrected chi connectivity index (χ4v) is 1.54. The average molecular weight is 281 g/mol. The first kappa shape index (κ1) is 11.6. The number of halogens is 3. The molecule has 8 heteroatoms. The summed E-state index contributed by atoms with van der Waals surface area (Å²) in [5.41, 5.74) is -1.86. The minimum absolute atomic E-state index is 0.137. The van der Waals surface area contributed by atoms with Crippen molar-refractivity contribution in [3.8, 4) is 0 Å². The van der Waals surface area contributed by atoms with Gasteiger partial charge in [0.05, 0.1) is 10.5 Å². The van der Waals surface area contributed by atoms with Crippen molar-refractivity contribution < 1.29 is 18.5 Å². The lowest BCUT2D eigenvalue weighted by atomic mass is 10.2. The van der Waals surface area contributed by atoms with Crippen molar-refractivity contribution in [2.75, 3.05) is 0 Å². The fraction of sp³-hybridized carbons (Fsp3) is 0.143. The minimum Gasteiger partial charge on any atom is -0.296 e. The van der Waals surface area contributed by atoms with E-state index in [9.17, 15) is 23.7 Å². The van der Waals surface area contributed by atoms with Gasteiger partial charge >= 0.3 is 5.69 Å². The third-order valence-corrected chi connectivity index (χ3v) is 2.41. The molecular formula is C7H3BrF2N2O3. The molecular weight excluding hydrogens is 278 g/mol. The third kappa shape index (κ3) is 2.14. The first-order chi connectivity index (χ1) is 6.99. The molecule has 0 saturated heterocycles. The molecule has 1 heterocycles. The fourth-order valence-electron chi connectivity index (χ4n) is 0.918. The second-order valence-corrected chi connectivity index (χ2v) is 3.23. The number of nitrogens with zero attached hydrogens (tertiary/aromatic N) is 2. The van der Waals surface area contributed by atoms with Crippen LogP contribution in [0.1, 0.15) is 22.5 Å². The first-order valence-corrected chi connectivity index (χ1v) is 4.34. The van der Waals surface area contributed by atoms with Crippen LogP contribution in [0.3, 0.4) is 0 Å². The van der Waals surface area contributed by atoms with Crippen LogP contribution in [0.4, 0.5) is 14.5 Å². The van der Waals surface area contributed by atoms with Crippen molar-refractivity contribution in [1.82, 2.24) is 4.98 Å². The summed E-state index contributed by atoms with van der Waals surface area (Å²) in [6.45, 7) is 0. The Balaban J connectivity index is 3.49. The van der Waals surface area contributed by atoms with Gasteiger partial charge in [0.15, 0.2) is 12.0 Å². The molecule has 0 aliphatic heterocycles. The zero-order chi connectivity index (χ0) is 11.6. The number of hydrogen-bond donors (Lipinski definition) is 0. The van der Waals surface area contributed by atoms with Gasteiger partial charge in [0, 0.05) is 6.20 Å². The summed E-state index contributed by atoms with van der Waals surface area (Å²) in [5, 5.41) is 10.5. The standard InChI is InChI=1S/C7H3BrF2N2O3/c8-5-3(7(9)10)1-11-4(2-13)6(5)12(14)15/h1-2,7H. The molecule has 0 bridgehead atoms. The monoisotopic (exact) mass is 280 g/mol. The maximum atomic E-state index is 12.3. The summed E-state index contributed by atoms with van der Waals surface area (Å²) in [6.07, 6.45) is -2.03. The highest BCUT2D eigenvalue weighted by Gasteiger charge is 2.26. The van der Waals surface area contributed by atoms with Crippen LogP contribution >= 0.6 is 15.9 Å². The number of pyridine rings is 1. The molecule has 15 heavy (non-hydrogen) atoms. The van der Waals surface area contributed by atoms with Crippen LogP contribution in [-0.2, 0) is 0 Å². The Morgan fingerprint density at radius 3 is 2.60 bits per heavy atom. The van der Waals surface area contributed by atoms with E-state index in [0.717, 1.165) is 6.20 Å². The lowest BCUT2D eigenvalue weighted by molar-refractivity contribution is -0.386. The highest BCUT2D eigenvalue weighted by atomic mass is 79.9. The number of aldehydes is 1. The second-order valence-electron chi connectivity index (χ2n) is 2.44. The van der Waals surface area contributed by atoms with Crippen molar-refractivity contribution >= 4 is 27.9 Å². The Kier molecular flexibility index (Phi) is 3.40. The number of nitro groups is 1. The van der Waals surface area contributed by atoms with Gasteiger partial charge in [0.2, 0.25) is 0 Å². The molecule has 0 aliphatic rings. The molecule has 5 nitrogen and oxygen atoms in total. The van der Waals surface area contributed by atoms with Gasteiger partial charge in [-0.15, -0.1) is 0 Å². The predicted molar refractivity (Wildman–Crippen MR) is 48.9 cm³/mol. The zero-order valence-electron chi connectivity index (χ0n) is 6.99. The topological polar surface area (TPSA) is 73.1 Å². The lowest BCUT2D eigenvalue weighted by Gasteiger charge is -2.04. The number of carbonyl (C=O) groups excluding carboxylic acids is 1. The van der Waals surface area contributed by atoms with Crippen LogP contribution in [0.15, 0.2) is 10.7 Å². The summed E-state index contributed by atoms with van der Waals surface area (Å²) < 4.78 is 24.2. The van der Waals surface area contributed by atoms with Gasteiger partial charge in [-0.2, -0.15) is 0 Å². The summed E-state index contributed by atoms with van der Waals surface area (Å²) in [6, 6.07) is 0. The van der Waals surface area contributed by atoms with E-state index >= 15 is 0 Å². The van der Waals surface area contributed by atoms with E-state index in [-0.39, 0.29) is 6.29 Å². The number of alkyl halides is 2. The van der Waals surface area contributed by atoms with Crippen LogP contribution in [0.2, 0.25) is 0 Å². The van der Waals surface area contributed by atoms with E-state index in [1.54, 1.807) is 0 Å². The molecule has 0 amide bonds. The smallest absolute Gasteiger partial charge is 0.296 e. The summed E-state index contributed by atoms with van der Waals surface area (Å²) in [7, 11) is 0. The number of carbonyl (C=O) groups is 1. The third-order valence-electron chi connectivity index (χ3n) is 1.58. The second kappa shape index (κ2) is 4.39. The van der Waals surface area contributed by atoms with Crippen LogP contribution in [0, 0.1) is 10.1 Å². The molecule has 0 N–H and O–H groups in total. The molecule has 0 spiro atoms. The molecule has 0 radical (unpaired) electrons. The van der Waals surface area contributed by atoms with Gasteiger partial charge in [-0.3, -0.25) is 14.9 Å². The van der Waals surface area contributed by atoms with Gasteiger partial charge in [-0.05, 0) is 15.9 Å². The molecule has 0 atom stereocenters. The van der Waals surface area contributed by atoms with Gasteiger partial charge in [-0.1, -0.05) is 0 Å². The molecule has 1 rings (SSSR count). The average Bonchev–Trinajstić information content (AvgIpc) is 2.15. The van der Waals surface area contributed by atoms with Crippen LogP contribution in [-0.4, -0.2) is 16.2 Å². The van der Waals surface area contributed by atoms with E-state index in [2.05, 4.69) is 20.9 Å². The van der Waals surface area contributed by atoms with Crippen molar-refractivity contribution in [2.24, 2.45) is 0 Å². The summed E-state index contributed by atoms with van der Waals surface area (Å²) in [5.74, 6) is 0. The molecule has 0 unspecified atom stereocenters. The quantitative estimate of drug-likeness (QED) is 0.484. The molecule has 0 saturated carbocycles. The number of hydrogen-bond acceptors (Lipinski definition) is 4. The highest BCUT2D eigenvalue weighted by Crippen LogP contribution is 2.35. The van der Waals surface area contributed by atoms with Gasteiger partial charge < -0.3 is 0 Å². The Labute approximate surface area is 90.4 Å². The van der Waals surface area contributed by atoms with Gasteiger partial charge in [-0.25, -0.2) is 13.8 Å². The molecule has 0 fully saturated rings. The lowest BCUT2D eigenvalue weighted by Crippen LogP contribution is -2.02. The van der Waals surface area contributed by atoms with E-state index in [1.807, 2.05) is 0 Å². The van der Waals surface area contributed by atoms with Crippen molar-refractivity contribution in [3.63, 3.8) is 0 Å². The summed E-state index contributed by atoms with van der Waals surface area (Å²) in [4.78, 5) is 23.2. The van der Waals surface area contributed by atoms with Gasteiger partial charge in [0.25, 0.3) is 6.43 Å². The first-order valence-electron chi connectivity index (χ1n) is 3.55. The molecule has 1 aromatic rings. The number of aromatic nitrogens is 1. The Bertz CT molecular complexity index is 425. The predicted octanol–water partition coefficient (Wildman–Crippen LogP) is 2.50. The molecule has 80 valence electrons. The normalized spacial score (nSPS) is 10.4. The van der Waals surface area contributed by atoms with Crippen LogP contribution < -0.4 is 0 Å². The Morgan fingerprint density at radius 2 is 2.20 bits per heavy atom. The van der Waals surface area contributed by atoms with Crippen LogP contribution in [0.25, 0.3) is 0 Å². The van der Waals surface area contributed by atoms with E-state index in [0.29, 0.717) is 0 Å². The molecule has 0 aliphatic carbocycles. The maximum absolute atomic E-state index is 12.3. The minimum atomic E-state index is -2.90. The maximum Gasteiger partial charge on any atom is 0.312 e. The van der Waals surface area contributed by atoms with Crippen molar-refractivity contribution in [3.05, 3.63) is 32.0 Å². The van der Waals surface area contributed by atoms with E-state index in [4.69, 9.17) is 0 Å². The Morgan fingerprint density at radius 1 is 1.60 bits per heavy atom. The van der Waals surface area contributed by atoms with E-state index in [1.165, 1.54) is 0 Å². The molecule has 0 aromatic carbocycles. The largest absolute Gasteiger partial charge is 0.312 e. The van der Waals surface area contributed by atoms with Crippen molar-refractivity contribution in [1.29, 1.82) is 0 Å². The molecule has 1 aromatic heterocycles. The zero-order valence-corrected chi connectivity index (χ0v) is 8.57.